The Balaban J connectivity index is 1.56. The van der Waals surface area contributed by atoms with Crippen molar-refractivity contribution >= 4 is 51.3 Å². The van der Waals surface area contributed by atoms with E-state index < -0.39 is 0 Å². The number of morpholine rings is 1. The summed E-state index contributed by atoms with van der Waals surface area (Å²) in [5, 5.41) is 0.751. The summed E-state index contributed by atoms with van der Waals surface area (Å²) in [4.78, 5) is 28.1. The molecule has 0 aliphatic carbocycles. The van der Waals surface area contributed by atoms with E-state index in [0.717, 1.165) is 21.9 Å². The van der Waals surface area contributed by atoms with E-state index in [1.165, 1.54) is 0 Å². The van der Waals surface area contributed by atoms with Gasteiger partial charge in [0, 0.05) is 45.3 Å². The highest BCUT2D eigenvalue weighted by Crippen LogP contribution is 2.40. The summed E-state index contributed by atoms with van der Waals surface area (Å²) in [6, 6.07) is 1.90. The Morgan fingerprint density at radius 1 is 1.06 bits per heavy atom. The third-order valence-corrected chi connectivity index (χ3v) is 6.65. The van der Waals surface area contributed by atoms with Crippen molar-refractivity contribution in [3.05, 3.63) is 9.64 Å². The van der Waals surface area contributed by atoms with E-state index in [1.807, 2.05) is 15.9 Å². The van der Waals surface area contributed by atoms with Gasteiger partial charge in [0.05, 0.1) is 41.9 Å². The average molecular weight is 542 g/mol. The second-order valence-corrected chi connectivity index (χ2v) is 8.52. The maximum absolute atomic E-state index is 12.8. The number of benzene rings is 1. The highest BCUT2D eigenvalue weighted by Gasteiger charge is 2.26. The Hall–Kier alpha value is -2.28. The van der Waals surface area contributed by atoms with Crippen LogP contribution in [-0.2, 0) is 4.74 Å². The van der Waals surface area contributed by atoms with E-state index in [2.05, 4.69) is 32.5 Å². The number of urea groups is 1. The SMILES string of the molecule is COc1cc2nc(N3CCCN(C(=O)N4CCOCC4)CC3)nc(N)c2c(I)c1OC. The number of nitrogen functional groups attached to an aromatic ring is 1. The highest BCUT2D eigenvalue weighted by atomic mass is 127. The van der Waals surface area contributed by atoms with Crippen LogP contribution in [0.4, 0.5) is 16.6 Å². The quantitative estimate of drug-likeness (QED) is 0.586. The van der Waals surface area contributed by atoms with Crippen LogP contribution in [0.2, 0.25) is 0 Å². The van der Waals surface area contributed by atoms with Gasteiger partial charge in [0.15, 0.2) is 11.5 Å². The molecule has 2 amide bonds. The molecule has 1 aromatic heterocycles. The Bertz CT molecular complexity index is 969. The second-order valence-electron chi connectivity index (χ2n) is 7.44. The normalized spacial score (nSPS) is 17.6. The van der Waals surface area contributed by atoms with Crippen LogP contribution < -0.4 is 20.1 Å². The fourth-order valence-electron chi connectivity index (χ4n) is 3.97. The molecule has 0 spiro atoms. The Morgan fingerprint density at radius 2 is 1.81 bits per heavy atom. The number of ether oxygens (including phenoxy) is 3. The van der Waals surface area contributed by atoms with Crippen molar-refractivity contribution in [2.45, 2.75) is 6.42 Å². The first kappa shape index (κ1) is 21.9. The summed E-state index contributed by atoms with van der Waals surface area (Å²) >= 11 is 2.18. The van der Waals surface area contributed by atoms with E-state index in [4.69, 9.17) is 24.9 Å². The molecule has 2 aromatic rings. The topological polar surface area (TPSA) is 106 Å². The first-order valence-electron chi connectivity index (χ1n) is 10.3. The molecule has 2 fully saturated rings. The van der Waals surface area contributed by atoms with Crippen LogP contribution in [-0.4, -0.2) is 92.5 Å². The molecule has 0 bridgehead atoms. The van der Waals surface area contributed by atoms with Crippen LogP contribution in [0, 0.1) is 3.57 Å². The Morgan fingerprint density at radius 3 is 2.52 bits per heavy atom. The molecule has 10 nitrogen and oxygen atoms in total. The predicted molar refractivity (Wildman–Crippen MR) is 126 cm³/mol. The van der Waals surface area contributed by atoms with Gasteiger partial charge in [-0.1, -0.05) is 0 Å². The number of carbonyl (C=O) groups is 1. The number of anilines is 2. The van der Waals surface area contributed by atoms with Crippen molar-refractivity contribution in [2.24, 2.45) is 0 Å². The minimum absolute atomic E-state index is 0.0791. The lowest BCUT2D eigenvalue weighted by atomic mass is 10.2. The van der Waals surface area contributed by atoms with Gasteiger partial charge in [0.1, 0.15) is 5.82 Å². The standard InChI is InChI=1S/C20H27IN6O4/c1-29-14-12-13-15(16(21)17(14)30-2)18(22)24-19(23-13)25-4-3-5-26(7-6-25)20(28)27-8-10-31-11-9-27/h12H,3-11H2,1-2H3,(H2,22,23,24). The number of aromatic nitrogens is 2. The van der Waals surface area contributed by atoms with Crippen LogP contribution in [0.5, 0.6) is 11.5 Å². The monoisotopic (exact) mass is 542 g/mol. The van der Waals surface area contributed by atoms with Gasteiger partial charge in [-0.2, -0.15) is 4.98 Å². The summed E-state index contributed by atoms with van der Waals surface area (Å²) < 4.78 is 17.1. The van der Waals surface area contributed by atoms with Gasteiger partial charge >= 0.3 is 6.03 Å². The molecule has 2 aliphatic heterocycles. The van der Waals surface area contributed by atoms with Crippen molar-refractivity contribution in [1.29, 1.82) is 0 Å². The minimum Gasteiger partial charge on any atom is -0.493 e. The fraction of sp³-hybridized carbons (Fsp3) is 0.550. The predicted octanol–water partition coefficient (Wildman–Crippen LogP) is 1.80. The molecule has 3 heterocycles. The number of hydrogen-bond acceptors (Lipinski definition) is 8. The van der Waals surface area contributed by atoms with Gasteiger partial charge < -0.3 is 34.6 Å². The maximum atomic E-state index is 12.8. The fourth-order valence-corrected chi connectivity index (χ4v) is 5.01. The van der Waals surface area contributed by atoms with Crippen molar-refractivity contribution in [2.75, 3.05) is 77.3 Å². The molecule has 2 N–H and O–H groups in total. The molecule has 11 heteroatoms. The van der Waals surface area contributed by atoms with Gasteiger partial charge in [0.2, 0.25) is 5.95 Å². The van der Waals surface area contributed by atoms with Crippen molar-refractivity contribution < 1.29 is 19.0 Å². The first-order valence-corrected chi connectivity index (χ1v) is 11.4. The molecule has 31 heavy (non-hydrogen) atoms. The first-order chi connectivity index (χ1) is 15.0. The number of halogens is 1. The summed E-state index contributed by atoms with van der Waals surface area (Å²) in [6.45, 7) is 5.21. The van der Waals surface area contributed by atoms with Crippen LogP contribution in [0.3, 0.4) is 0 Å². The Kier molecular flexibility index (Phi) is 6.70. The summed E-state index contributed by atoms with van der Waals surface area (Å²) in [6.07, 6.45) is 0.834. The third kappa shape index (κ3) is 4.38. The lowest BCUT2D eigenvalue weighted by Gasteiger charge is -2.32. The number of amides is 2. The minimum atomic E-state index is 0.0791. The van der Waals surface area contributed by atoms with Gasteiger partial charge in [-0.05, 0) is 29.0 Å². The van der Waals surface area contributed by atoms with Crippen LogP contribution in [0.1, 0.15) is 6.42 Å². The van der Waals surface area contributed by atoms with E-state index in [9.17, 15) is 4.79 Å². The maximum Gasteiger partial charge on any atom is 0.320 e. The molecule has 0 saturated carbocycles. The Labute approximate surface area is 194 Å². The largest absolute Gasteiger partial charge is 0.493 e. The molecular formula is C20H27IN6O4. The number of fused-ring (bicyclic) bond motifs is 1. The van der Waals surface area contributed by atoms with Crippen LogP contribution in [0.25, 0.3) is 10.9 Å². The van der Waals surface area contributed by atoms with Crippen molar-refractivity contribution in [3.63, 3.8) is 0 Å². The smallest absolute Gasteiger partial charge is 0.320 e. The number of nitrogens with two attached hydrogens (primary N) is 1. The van der Waals surface area contributed by atoms with Gasteiger partial charge in [0.25, 0.3) is 0 Å². The van der Waals surface area contributed by atoms with Crippen LogP contribution in [0.15, 0.2) is 6.07 Å². The molecular weight excluding hydrogens is 515 g/mol. The summed E-state index contributed by atoms with van der Waals surface area (Å²) in [7, 11) is 3.19. The third-order valence-electron chi connectivity index (χ3n) is 5.62. The summed E-state index contributed by atoms with van der Waals surface area (Å²) in [5.41, 5.74) is 7.03. The van der Waals surface area contributed by atoms with Crippen molar-refractivity contribution in [1.82, 2.24) is 19.8 Å². The molecule has 2 saturated heterocycles. The molecule has 0 atom stereocenters. The lowest BCUT2D eigenvalue weighted by Crippen LogP contribution is -2.49. The molecule has 2 aliphatic rings. The van der Waals surface area contributed by atoms with E-state index >= 15 is 0 Å². The number of carbonyl (C=O) groups excluding carboxylic acids is 1. The molecule has 168 valence electrons. The number of rotatable bonds is 3. The highest BCUT2D eigenvalue weighted by molar-refractivity contribution is 14.1. The van der Waals surface area contributed by atoms with E-state index in [1.54, 1.807) is 14.2 Å². The van der Waals surface area contributed by atoms with E-state index in [-0.39, 0.29) is 6.03 Å². The zero-order valence-corrected chi connectivity index (χ0v) is 19.9. The van der Waals surface area contributed by atoms with Gasteiger partial charge in [-0.25, -0.2) is 9.78 Å². The number of hydrogen-bond donors (Lipinski definition) is 1. The zero-order chi connectivity index (χ0) is 22.0. The zero-order valence-electron chi connectivity index (χ0n) is 17.8. The number of methoxy groups -OCH3 is 2. The van der Waals surface area contributed by atoms with Gasteiger partial charge in [-0.15, -0.1) is 0 Å². The van der Waals surface area contributed by atoms with Gasteiger partial charge in [-0.3, -0.25) is 0 Å². The average Bonchev–Trinajstić information content (AvgIpc) is 3.05. The molecule has 1 aromatic carbocycles. The molecule has 0 radical (unpaired) electrons. The van der Waals surface area contributed by atoms with E-state index in [0.29, 0.717) is 74.7 Å². The second kappa shape index (κ2) is 9.47. The molecule has 4 rings (SSSR count). The number of nitrogens with zero attached hydrogens (tertiary/aromatic N) is 5. The lowest BCUT2D eigenvalue weighted by molar-refractivity contribution is 0.0438. The van der Waals surface area contributed by atoms with Crippen LogP contribution >= 0.6 is 22.6 Å². The summed E-state index contributed by atoms with van der Waals surface area (Å²) in [5.74, 6) is 2.18. The van der Waals surface area contributed by atoms with Crippen molar-refractivity contribution in [3.8, 4) is 11.5 Å². The molecule has 0 unspecified atom stereocenters.